The summed E-state index contributed by atoms with van der Waals surface area (Å²) in [4.78, 5) is 26.3. The Bertz CT molecular complexity index is 538. The Labute approximate surface area is 116 Å². The molecule has 1 heterocycles. The summed E-state index contributed by atoms with van der Waals surface area (Å²) in [5, 5.41) is 3.74. The molecule has 0 radical (unpaired) electrons. The molecule has 1 aromatic rings. The van der Waals surface area contributed by atoms with Crippen molar-refractivity contribution in [2.75, 3.05) is 26.2 Å². The maximum atomic E-state index is 12.5. The monoisotopic (exact) mass is 278 g/mol. The van der Waals surface area contributed by atoms with Crippen molar-refractivity contribution >= 4 is 23.3 Å². The van der Waals surface area contributed by atoms with E-state index in [4.69, 9.17) is 11.6 Å². The number of nitrogens with one attached hydrogen (secondary N) is 1. The smallest absolute Gasteiger partial charge is 0.230 e. The zero-order valence-electron chi connectivity index (χ0n) is 10.5. The van der Waals surface area contributed by atoms with Crippen LogP contribution in [0, 0.1) is 0 Å². The Balaban J connectivity index is 1.91. The minimum Gasteiger partial charge on any atom is -0.340 e. The maximum absolute atomic E-state index is 12.5. The fraction of sp³-hybridized carbons (Fsp3) is 0.429. The molecule has 0 spiro atoms. The summed E-state index contributed by atoms with van der Waals surface area (Å²) in [6.07, 6.45) is 0.252. The normalized spacial score (nSPS) is 22.5. The van der Waals surface area contributed by atoms with Crippen molar-refractivity contribution in [1.82, 2.24) is 10.2 Å². The third-order valence-electron chi connectivity index (χ3n) is 3.82. The second kappa shape index (κ2) is 4.94. The van der Waals surface area contributed by atoms with Crippen molar-refractivity contribution in [3.8, 4) is 0 Å². The quantitative estimate of drug-likeness (QED) is 0.846. The lowest BCUT2D eigenvalue weighted by Gasteiger charge is -2.30. The van der Waals surface area contributed by atoms with Gasteiger partial charge in [-0.1, -0.05) is 23.7 Å². The van der Waals surface area contributed by atoms with Crippen LogP contribution in [0.15, 0.2) is 18.2 Å². The molecule has 19 heavy (non-hydrogen) atoms. The molecule has 1 fully saturated rings. The fourth-order valence-corrected chi connectivity index (χ4v) is 3.15. The first-order valence-corrected chi connectivity index (χ1v) is 6.87. The van der Waals surface area contributed by atoms with Gasteiger partial charge in [0.25, 0.3) is 0 Å². The molecule has 1 aliphatic carbocycles. The van der Waals surface area contributed by atoms with E-state index in [0.29, 0.717) is 23.7 Å². The topological polar surface area (TPSA) is 49.4 Å². The molecule has 0 saturated carbocycles. The molecule has 100 valence electrons. The molecule has 0 bridgehead atoms. The molecule has 4 nitrogen and oxygen atoms in total. The second-order valence-corrected chi connectivity index (χ2v) is 5.36. The summed E-state index contributed by atoms with van der Waals surface area (Å²) in [5.41, 5.74) is 1.33. The van der Waals surface area contributed by atoms with Crippen molar-refractivity contribution < 1.29 is 9.59 Å². The van der Waals surface area contributed by atoms with Crippen LogP contribution in [0.25, 0.3) is 0 Å². The van der Waals surface area contributed by atoms with E-state index in [2.05, 4.69) is 5.32 Å². The van der Waals surface area contributed by atoms with Crippen LogP contribution in [0.1, 0.15) is 28.3 Å². The average Bonchev–Trinajstić information content (AvgIpc) is 2.78. The maximum Gasteiger partial charge on any atom is 0.230 e. The third-order valence-corrected chi connectivity index (χ3v) is 4.15. The van der Waals surface area contributed by atoms with E-state index in [1.165, 1.54) is 0 Å². The van der Waals surface area contributed by atoms with Crippen LogP contribution in [-0.4, -0.2) is 42.8 Å². The zero-order chi connectivity index (χ0) is 13.4. The van der Waals surface area contributed by atoms with Crippen LogP contribution in [0.5, 0.6) is 0 Å². The summed E-state index contributed by atoms with van der Waals surface area (Å²) in [6.45, 7) is 3.01. The highest BCUT2D eigenvalue weighted by molar-refractivity contribution is 6.32. The molecular weight excluding hydrogens is 264 g/mol. The van der Waals surface area contributed by atoms with Gasteiger partial charge in [0.2, 0.25) is 5.91 Å². The van der Waals surface area contributed by atoms with Gasteiger partial charge < -0.3 is 10.2 Å². The lowest BCUT2D eigenvalue weighted by atomic mass is 9.99. The molecule has 3 rings (SSSR count). The number of amides is 1. The summed E-state index contributed by atoms with van der Waals surface area (Å²) in [5.74, 6) is -0.345. The average molecular weight is 279 g/mol. The van der Waals surface area contributed by atoms with Gasteiger partial charge in [-0.15, -0.1) is 0 Å². The minimum absolute atomic E-state index is 0.0194. The first kappa shape index (κ1) is 12.6. The predicted octanol–water partition coefficient (Wildman–Crippen LogP) is 1.44. The second-order valence-electron chi connectivity index (χ2n) is 4.96. The molecule has 1 amide bonds. The van der Waals surface area contributed by atoms with Crippen LogP contribution >= 0.6 is 11.6 Å². The highest BCUT2D eigenvalue weighted by Gasteiger charge is 2.38. The van der Waals surface area contributed by atoms with Gasteiger partial charge in [-0.2, -0.15) is 0 Å². The van der Waals surface area contributed by atoms with Crippen molar-refractivity contribution in [1.29, 1.82) is 0 Å². The van der Waals surface area contributed by atoms with Crippen molar-refractivity contribution in [2.45, 2.75) is 12.3 Å². The fourth-order valence-electron chi connectivity index (χ4n) is 2.85. The van der Waals surface area contributed by atoms with Gasteiger partial charge in [-0.25, -0.2) is 0 Å². The molecule has 1 saturated heterocycles. The summed E-state index contributed by atoms with van der Waals surface area (Å²) < 4.78 is 0. The van der Waals surface area contributed by atoms with Crippen LogP contribution in [0.2, 0.25) is 5.02 Å². The molecule has 1 N–H and O–H groups in total. The molecule has 1 unspecified atom stereocenters. The highest BCUT2D eigenvalue weighted by Crippen LogP contribution is 2.38. The summed E-state index contributed by atoms with van der Waals surface area (Å²) in [6, 6.07) is 5.27. The summed E-state index contributed by atoms with van der Waals surface area (Å²) >= 11 is 6.18. The lowest BCUT2D eigenvalue weighted by molar-refractivity contribution is -0.133. The van der Waals surface area contributed by atoms with Gasteiger partial charge in [0.05, 0.1) is 5.92 Å². The molecule has 1 aliphatic heterocycles. The van der Waals surface area contributed by atoms with Crippen LogP contribution < -0.4 is 5.32 Å². The predicted molar refractivity (Wildman–Crippen MR) is 72.6 cm³/mol. The van der Waals surface area contributed by atoms with E-state index in [0.717, 1.165) is 18.7 Å². The number of ketones is 1. The van der Waals surface area contributed by atoms with Crippen molar-refractivity contribution in [3.63, 3.8) is 0 Å². The number of halogens is 1. The number of carbonyl (C=O) groups is 2. The Morgan fingerprint density at radius 2 is 2.05 bits per heavy atom. The summed E-state index contributed by atoms with van der Waals surface area (Å²) in [7, 11) is 0. The van der Waals surface area contributed by atoms with Gasteiger partial charge in [0.15, 0.2) is 5.78 Å². The number of hydrogen-bond acceptors (Lipinski definition) is 3. The van der Waals surface area contributed by atoms with Crippen molar-refractivity contribution in [3.05, 3.63) is 34.3 Å². The largest absolute Gasteiger partial charge is 0.340 e. The van der Waals surface area contributed by atoms with E-state index in [1.54, 1.807) is 18.2 Å². The Kier molecular flexibility index (Phi) is 3.29. The molecule has 1 aromatic carbocycles. The van der Waals surface area contributed by atoms with Crippen molar-refractivity contribution in [2.24, 2.45) is 0 Å². The van der Waals surface area contributed by atoms with Crippen LogP contribution in [-0.2, 0) is 4.79 Å². The van der Waals surface area contributed by atoms with Gasteiger partial charge >= 0.3 is 0 Å². The van der Waals surface area contributed by atoms with Gasteiger partial charge in [0, 0.05) is 43.2 Å². The van der Waals surface area contributed by atoms with Crippen LogP contribution in [0.4, 0.5) is 0 Å². The van der Waals surface area contributed by atoms with Gasteiger partial charge in [-0.3, -0.25) is 9.59 Å². The zero-order valence-corrected chi connectivity index (χ0v) is 11.2. The molecule has 2 aliphatic rings. The standard InChI is InChI=1S/C14H15ClN2O2/c15-11-3-1-2-9-12(18)8-10(13(9)11)14(19)17-6-4-16-5-7-17/h1-3,10,16H,4-8H2. The Hall–Kier alpha value is -1.39. The number of carbonyl (C=O) groups excluding carboxylic acids is 2. The van der Waals surface area contributed by atoms with E-state index in [1.807, 2.05) is 4.90 Å². The molecule has 1 atom stereocenters. The number of hydrogen-bond donors (Lipinski definition) is 1. The highest BCUT2D eigenvalue weighted by atomic mass is 35.5. The number of piperazine rings is 1. The van der Waals surface area contributed by atoms with E-state index in [9.17, 15) is 9.59 Å². The Morgan fingerprint density at radius 3 is 2.79 bits per heavy atom. The third kappa shape index (κ3) is 2.15. The first-order chi connectivity index (χ1) is 9.18. The first-order valence-electron chi connectivity index (χ1n) is 6.49. The molecule has 0 aromatic heterocycles. The van der Waals surface area contributed by atoms with Gasteiger partial charge in [0.1, 0.15) is 0 Å². The number of nitrogens with zero attached hydrogens (tertiary/aromatic N) is 1. The SMILES string of the molecule is O=C1CC(C(=O)N2CCNCC2)c2c(Cl)cccc21. The number of benzene rings is 1. The van der Waals surface area contributed by atoms with E-state index >= 15 is 0 Å². The lowest BCUT2D eigenvalue weighted by Crippen LogP contribution is -2.47. The van der Waals surface area contributed by atoms with E-state index in [-0.39, 0.29) is 18.1 Å². The molecular formula is C14H15ClN2O2. The number of fused-ring (bicyclic) bond motifs is 1. The Morgan fingerprint density at radius 1 is 1.32 bits per heavy atom. The van der Waals surface area contributed by atoms with Gasteiger partial charge in [-0.05, 0) is 11.6 Å². The number of rotatable bonds is 1. The number of Topliss-reactive ketones (excluding diaryl/α,β-unsaturated/α-hetero) is 1. The van der Waals surface area contributed by atoms with E-state index < -0.39 is 5.92 Å². The minimum atomic E-state index is -0.394. The van der Waals surface area contributed by atoms with Crippen LogP contribution in [0.3, 0.4) is 0 Å². The molecule has 5 heteroatoms.